The summed E-state index contributed by atoms with van der Waals surface area (Å²) in [6.45, 7) is 0. The number of hydrogen-bond donors (Lipinski definition) is 2. The van der Waals surface area contributed by atoms with Crippen LogP contribution in [0.1, 0.15) is 24.5 Å². The first-order valence-electron chi connectivity index (χ1n) is 6.08. The van der Waals surface area contributed by atoms with Crippen LogP contribution in [0.25, 0.3) is 0 Å². The lowest BCUT2D eigenvalue weighted by Gasteiger charge is -2.24. The van der Waals surface area contributed by atoms with Gasteiger partial charge in [-0.3, -0.25) is 4.79 Å². The molecule has 0 aromatic heterocycles. The summed E-state index contributed by atoms with van der Waals surface area (Å²) >= 11 is 13.5. The van der Waals surface area contributed by atoms with Crippen LogP contribution in [0, 0.1) is 0 Å². The maximum absolute atomic E-state index is 12.0. The van der Waals surface area contributed by atoms with Gasteiger partial charge in [0.15, 0.2) is 6.10 Å². The Morgan fingerprint density at radius 1 is 1.37 bits per heavy atom. The van der Waals surface area contributed by atoms with Gasteiger partial charge in [-0.05, 0) is 42.4 Å². The van der Waals surface area contributed by atoms with E-state index in [1.54, 1.807) is 18.2 Å². The van der Waals surface area contributed by atoms with E-state index >= 15 is 0 Å². The van der Waals surface area contributed by atoms with Gasteiger partial charge >= 0.3 is 0 Å². The van der Waals surface area contributed by atoms with Crippen molar-refractivity contribution in [3.8, 4) is 0 Å². The van der Waals surface area contributed by atoms with Crippen LogP contribution in [0.5, 0.6) is 0 Å². The van der Waals surface area contributed by atoms with Crippen LogP contribution >= 0.6 is 35.0 Å². The molecule has 1 aromatic carbocycles. The molecule has 0 radical (unpaired) electrons. The molecule has 2 unspecified atom stereocenters. The summed E-state index contributed by atoms with van der Waals surface area (Å²) in [5.41, 5.74) is 0.415. The van der Waals surface area contributed by atoms with Crippen LogP contribution in [0.4, 0.5) is 0 Å². The third-order valence-electron chi connectivity index (χ3n) is 2.96. The molecule has 1 fully saturated rings. The monoisotopic (exact) mass is 319 g/mol. The number of benzene rings is 1. The van der Waals surface area contributed by atoms with Crippen LogP contribution in [0.3, 0.4) is 0 Å². The number of carbonyl (C=O) groups is 1. The minimum Gasteiger partial charge on any atom is -0.378 e. The Hall–Kier alpha value is -0.420. The maximum atomic E-state index is 12.0. The summed E-state index contributed by atoms with van der Waals surface area (Å²) in [5, 5.41) is 13.7. The van der Waals surface area contributed by atoms with E-state index in [1.165, 1.54) is 0 Å². The summed E-state index contributed by atoms with van der Waals surface area (Å²) in [4.78, 5) is 12.0. The second-order valence-corrected chi connectivity index (χ2v) is 6.55. The fraction of sp³-hybridized carbons (Fsp3) is 0.462. The zero-order valence-corrected chi connectivity index (χ0v) is 12.6. The average molecular weight is 320 g/mol. The van der Waals surface area contributed by atoms with Crippen LogP contribution in [0.15, 0.2) is 18.2 Å². The first kappa shape index (κ1) is 15.0. The van der Waals surface area contributed by atoms with Gasteiger partial charge in [0.05, 0.1) is 0 Å². The van der Waals surface area contributed by atoms with Crippen molar-refractivity contribution in [3.63, 3.8) is 0 Å². The molecule has 0 bridgehead atoms. The molecule has 0 aliphatic carbocycles. The van der Waals surface area contributed by atoms with Gasteiger partial charge in [0.2, 0.25) is 0 Å². The van der Waals surface area contributed by atoms with Gasteiger partial charge in [-0.1, -0.05) is 23.2 Å². The Morgan fingerprint density at radius 2 is 2.05 bits per heavy atom. The smallest absolute Gasteiger partial charge is 0.253 e. The third kappa shape index (κ3) is 4.28. The van der Waals surface area contributed by atoms with Gasteiger partial charge in [0, 0.05) is 21.8 Å². The van der Waals surface area contributed by atoms with Crippen molar-refractivity contribution in [1.29, 1.82) is 0 Å². The molecule has 1 aromatic rings. The number of aliphatic hydroxyl groups excluding tert-OH is 1. The fourth-order valence-electron chi connectivity index (χ4n) is 2.02. The highest BCUT2D eigenvalue weighted by atomic mass is 35.5. The quantitative estimate of drug-likeness (QED) is 0.900. The van der Waals surface area contributed by atoms with E-state index in [4.69, 9.17) is 23.2 Å². The number of nitrogens with one attached hydrogen (secondary N) is 1. The van der Waals surface area contributed by atoms with Crippen molar-refractivity contribution in [1.82, 2.24) is 5.32 Å². The zero-order chi connectivity index (χ0) is 13.8. The molecule has 0 spiro atoms. The molecule has 6 heteroatoms. The molecule has 1 saturated heterocycles. The highest BCUT2D eigenvalue weighted by molar-refractivity contribution is 7.99. The first-order chi connectivity index (χ1) is 9.06. The molecule has 1 heterocycles. The van der Waals surface area contributed by atoms with Crippen molar-refractivity contribution in [2.75, 3.05) is 11.5 Å². The van der Waals surface area contributed by atoms with Gasteiger partial charge in [-0.15, -0.1) is 0 Å². The molecule has 3 nitrogen and oxygen atoms in total. The minimum absolute atomic E-state index is 0.135. The molecule has 1 amide bonds. The standard InChI is InChI=1S/C13H15Cl2NO2S/c14-9-4-8(5-10(15)6-9)12(17)13(18)16-11-2-1-3-19-7-11/h4-6,11-12,17H,1-3,7H2,(H,16,18). The van der Waals surface area contributed by atoms with Gasteiger partial charge in [-0.2, -0.15) is 11.8 Å². The number of thioether (sulfide) groups is 1. The second kappa shape index (κ2) is 6.84. The van der Waals surface area contributed by atoms with Crippen LogP contribution in [0.2, 0.25) is 10.0 Å². The minimum atomic E-state index is -1.23. The number of halogens is 2. The lowest BCUT2D eigenvalue weighted by molar-refractivity contribution is -0.130. The Balaban J connectivity index is 2.01. The van der Waals surface area contributed by atoms with Crippen molar-refractivity contribution >= 4 is 40.9 Å². The van der Waals surface area contributed by atoms with Gasteiger partial charge in [0.25, 0.3) is 5.91 Å². The Labute approximate surface area is 126 Å². The number of rotatable bonds is 3. The maximum Gasteiger partial charge on any atom is 0.253 e. The van der Waals surface area contributed by atoms with Crippen LogP contribution < -0.4 is 5.32 Å². The Bertz CT molecular complexity index is 444. The third-order valence-corrected chi connectivity index (χ3v) is 4.61. The average Bonchev–Trinajstić information content (AvgIpc) is 2.37. The molecular formula is C13H15Cl2NO2S. The molecule has 104 valence electrons. The molecule has 2 atom stereocenters. The van der Waals surface area contributed by atoms with Crippen molar-refractivity contribution < 1.29 is 9.90 Å². The van der Waals surface area contributed by atoms with E-state index in [2.05, 4.69) is 5.32 Å². The van der Waals surface area contributed by atoms with Gasteiger partial charge in [-0.25, -0.2) is 0 Å². The van der Waals surface area contributed by atoms with Crippen LogP contribution in [-0.2, 0) is 4.79 Å². The molecule has 0 saturated carbocycles. The SMILES string of the molecule is O=C(NC1CCCSC1)C(O)c1cc(Cl)cc(Cl)c1. The lowest BCUT2D eigenvalue weighted by Crippen LogP contribution is -2.41. The predicted octanol–water partition coefficient (Wildman–Crippen LogP) is 3.04. The van der Waals surface area contributed by atoms with Crippen molar-refractivity contribution in [2.24, 2.45) is 0 Å². The molecule has 2 rings (SSSR count). The number of hydrogen-bond acceptors (Lipinski definition) is 3. The molecule has 2 N–H and O–H groups in total. The van der Waals surface area contributed by atoms with Crippen LogP contribution in [-0.4, -0.2) is 28.6 Å². The Morgan fingerprint density at radius 3 is 2.63 bits per heavy atom. The highest BCUT2D eigenvalue weighted by Gasteiger charge is 2.22. The number of amides is 1. The molecule has 1 aliphatic heterocycles. The molecule has 1 aliphatic rings. The second-order valence-electron chi connectivity index (χ2n) is 4.53. The van der Waals surface area contributed by atoms with E-state index in [0.717, 1.165) is 24.3 Å². The van der Waals surface area contributed by atoms with E-state index in [-0.39, 0.29) is 6.04 Å². The number of aliphatic hydroxyl groups is 1. The largest absolute Gasteiger partial charge is 0.378 e. The fourth-order valence-corrected chi connectivity index (χ4v) is 3.63. The van der Waals surface area contributed by atoms with E-state index in [0.29, 0.717) is 15.6 Å². The van der Waals surface area contributed by atoms with E-state index in [1.807, 2.05) is 11.8 Å². The van der Waals surface area contributed by atoms with E-state index in [9.17, 15) is 9.90 Å². The van der Waals surface area contributed by atoms with Gasteiger partial charge < -0.3 is 10.4 Å². The van der Waals surface area contributed by atoms with Crippen molar-refractivity contribution in [3.05, 3.63) is 33.8 Å². The topological polar surface area (TPSA) is 49.3 Å². The van der Waals surface area contributed by atoms with E-state index < -0.39 is 12.0 Å². The summed E-state index contributed by atoms with van der Waals surface area (Å²) in [6.07, 6.45) is 0.819. The summed E-state index contributed by atoms with van der Waals surface area (Å²) in [7, 11) is 0. The normalized spacial score (nSPS) is 20.9. The lowest BCUT2D eigenvalue weighted by atomic mass is 10.1. The van der Waals surface area contributed by atoms with Crippen molar-refractivity contribution in [2.45, 2.75) is 25.0 Å². The highest BCUT2D eigenvalue weighted by Crippen LogP contribution is 2.24. The summed E-state index contributed by atoms with van der Waals surface area (Å²) in [5.74, 6) is 1.64. The summed E-state index contributed by atoms with van der Waals surface area (Å²) < 4.78 is 0. The number of carbonyl (C=O) groups excluding carboxylic acids is 1. The molecular weight excluding hydrogens is 305 g/mol. The first-order valence-corrected chi connectivity index (χ1v) is 7.99. The van der Waals surface area contributed by atoms with Gasteiger partial charge in [0.1, 0.15) is 0 Å². The predicted molar refractivity (Wildman–Crippen MR) is 79.9 cm³/mol. The summed E-state index contributed by atoms with van der Waals surface area (Å²) in [6, 6.07) is 4.80. The zero-order valence-electron chi connectivity index (χ0n) is 10.2. The Kier molecular flexibility index (Phi) is 5.39. The molecule has 19 heavy (non-hydrogen) atoms.